The van der Waals surface area contributed by atoms with Crippen LogP contribution in [-0.2, 0) is 10.2 Å². The Morgan fingerprint density at radius 1 is 1.22 bits per heavy atom. The highest BCUT2D eigenvalue weighted by molar-refractivity contribution is 7.87. The van der Waals surface area contributed by atoms with E-state index < -0.39 is 10.2 Å². The number of hydrogen-bond donors (Lipinski definition) is 2. The lowest BCUT2D eigenvalue weighted by Crippen LogP contribution is -2.37. The smallest absolute Gasteiger partial charge is 0.274 e. The second-order valence-electron chi connectivity index (χ2n) is 6.72. The van der Waals surface area contributed by atoms with E-state index in [-0.39, 0.29) is 0 Å². The topological polar surface area (TPSA) is 107 Å². The number of fused-ring (bicyclic) bond motifs is 1. The fourth-order valence-corrected chi connectivity index (χ4v) is 3.98. The average molecular weight is 394 g/mol. The second kappa shape index (κ2) is 8.28. The third-order valence-electron chi connectivity index (χ3n) is 5.02. The van der Waals surface area contributed by atoms with Gasteiger partial charge >= 0.3 is 0 Å². The summed E-state index contributed by atoms with van der Waals surface area (Å²) in [6.07, 6.45) is 4.57. The van der Waals surface area contributed by atoms with Crippen molar-refractivity contribution in [2.75, 3.05) is 38.8 Å². The van der Waals surface area contributed by atoms with Gasteiger partial charge in [-0.05, 0) is 48.8 Å². The molecule has 3 N–H and O–H groups in total. The van der Waals surface area contributed by atoms with Crippen molar-refractivity contribution < 1.29 is 17.9 Å². The van der Waals surface area contributed by atoms with Crippen molar-refractivity contribution in [2.45, 2.75) is 19.3 Å². The largest absolute Gasteiger partial charge is 0.493 e. The number of pyridine rings is 1. The predicted octanol–water partition coefficient (Wildman–Crippen LogP) is 1.65. The molecule has 9 heteroatoms. The van der Waals surface area contributed by atoms with Crippen LogP contribution in [0.2, 0.25) is 0 Å². The van der Waals surface area contributed by atoms with Crippen molar-refractivity contribution in [3.63, 3.8) is 0 Å². The van der Waals surface area contributed by atoms with Crippen molar-refractivity contribution >= 4 is 26.8 Å². The van der Waals surface area contributed by atoms with Crippen molar-refractivity contribution in [1.82, 2.24) is 9.71 Å². The van der Waals surface area contributed by atoms with Gasteiger partial charge in [0.2, 0.25) is 0 Å². The van der Waals surface area contributed by atoms with E-state index in [4.69, 9.17) is 14.6 Å². The van der Waals surface area contributed by atoms with Crippen LogP contribution in [0.1, 0.15) is 19.3 Å². The number of nitrogens with two attached hydrogens (primary N) is 1. The summed E-state index contributed by atoms with van der Waals surface area (Å²) in [5.74, 6) is 2.79. The number of rotatable bonds is 7. The first kappa shape index (κ1) is 19.7. The number of anilines is 1. The lowest BCUT2D eigenvalue weighted by molar-refractivity contribution is 0.356. The molecule has 1 saturated heterocycles. The van der Waals surface area contributed by atoms with Crippen LogP contribution in [0.5, 0.6) is 11.5 Å². The van der Waals surface area contributed by atoms with Gasteiger partial charge in [0.1, 0.15) is 5.82 Å². The zero-order chi connectivity index (χ0) is 19.4. The van der Waals surface area contributed by atoms with Gasteiger partial charge in [-0.1, -0.05) is 0 Å². The molecular weight excluding hydrogens is 368 g/mol. The lowest BCUT2D eigenvalue weighted by atomic mass is 9.93. The SMILES string of the molecule is COc1cc2ccnc(N3CCC(CCNS(N)(=O)=O)CC3)c2cc1OC. The molecule has 0 bridgehead atoms. The molecule has 0 saturated carbocycles. The number of benzene rings is 1. The monoisotopic (exact) mass is 394 g/mol. The maximum absolute atomic E-state index is 11.0. The molecule has 1 aromatic heterocycles. The van der Waals surface area contributed by atoms with E-state index in [1.807, 2.05) is 24.4 Å². The summed E-state index contributed by atoms with van der Waals surface area (Å²) in [5, 5.41) is 7.06. The first-order chi connectivity index (χ1) is 12.9. The predicted molar refractivity (Wildman–Crippen MR) is 106 cm³/mol. The fraction of sp³-hybridized carbons (Fsp3) is 0.500. The van der Waals surface area contributed by atoms with Gasteiger partial charge in [-0.3, -0.25) is 0 Å². The molecule has 1 aliphatic rings. The summed E-state index contributed by atoms with van der Waals surface area (Å²) < 4.78 is 35.1. The second-order valence-corrected chi connectivity index (χ2v) is 8.10. The molecule has 2 aromatic rings. The molecule has 2 heterocycles. The maximum Gasteiger partial charge on any atom is 0.274 e. The van der Waals surface area contributed by atoms with Crippen LogP contribution >= 0.6 is 0 Å². The lowest BCUT2D eigenvalue weighted by Gasteiger charge is -2.33. The third-order valence-corrected chi connectivity index (χ3v) is 5.62. The maximum atomic E-state index is 11.0. The minimum absolute atomic E-state index is 0.382. The number of nitrogens with zero attached hydrogens (tertiary/aromatic N) is 2. The van der Waals surface area contributed by atoms with Crippen LogP contribution in [0.15, 0.2) is 24.4 Å². The highest BCUT2D eigenvalue weighted by Gasteiger charge is 2.22. The standard InChI is InChI=1S/C18H26N4O4S/c1-25-16-11-14-4-7-20-18(15(14)12-17(16)26-2)22-9-5-13(6-10-22)3-8-21-27(19,23)24/h4,7,11-13,21H,3,5-6,8-10H2,1-2H3,(H2,19,23,24). The van der Waals surface area contributed by atoms with E-state index in [9.17, 15) is 8.42 Å². The summed E-state index contributed by atoms with van der Waals surface area (Å²) >= 11 is 0. The number of ether oxygens (including phenoxy) is 2. The Bertz CT molecular complexity index is 896. The molecule has 0 amide bonds. The van der Waals surface area contributed by atoms with Crippen molar-refractivity contribution in [2.24, 2.45) is 11.1 Å². The zero-order valence-corrected chi connectivity index (χ0v) is 16.5. The number of methoxy groups -OCH3 is 2. The molecular formula is C18H26N4O4S. The van der Waals surface area contributed by atoms with Gasteiger partial charge in [0.15, 0.2) is 11.5 Å². The molecule has 1 aliphatic heterocycles. The summed E-state index contributed by atoms with van der Waals surface area (Å²) in [6.45, 7) is 2.13. The minimum atomic E-state index is -3.61. The summed E-state index contributed by atoms with van der Waals surface area (Å²) in [5.41, 5.74) is 0. The van der Waals surface area contributed by atoms with Crippen LogP contribution in [0, 0.1) is 5.92 Å². The fourth-order valence-electron chi connectivity index (χ4n) is 3.57. The van der Waals surface area contributed by atoms with Gasteiger partial charge in [0.25, 0.3) is 10.2 Å². The summed E-state index contributed by atoms with van der Waals surface area (Å²) in [4.78, 5) is 6.88. The van der Waals surface area contributed by atoms with Gasteiger partial charge in [-0.2, -0.15) is 8.42 Å². The summed E-state index contributed by atoms with van der Waals surface area (Å²) in [7, 11) is -0.356. The molecule has 0 atom stereocenters. The van der Waals surface area contributed by atoms with Gasteiger partial charge in [-0.25, -0.2) is 14.8 Å². The quantitative estimate of drug-likeness (QED) is 0.740. The molecule has 0 spiro atoms. The average Bonchev–Trinajstić information content (AvgIpc) is 2.66. The van der Waals surface area contributed by atoms with E-state index in [1.54, 1.807) is 14.2 Å². The van der Waals surface area contributed by atoms with Crippen LogP contribution < -0.4 is 24.2 Å². The zero-order valence-electron chi connectivity index (χ0n) is 15.6. The number of piperidine rings is 1. The Balaban J connectivity index is 1.71. The highest BCUT2D eigenvalue weighted by Crippen LogP contribution is 2.36. The van der Waals surface area contributed by atoms with Gasteiger partial charge in [0.05, 0.1) is 14.2 Å². The van der Waals surface area contributed by atoms with Crippen LogP contribution in [0.3, 0.4) is 0 Å². The van der Waals surface area contributed by atoms with Crippen molar-refractivity contribution in [3.05, 3.63) is 24.4 Å². The Morgan fingerprint density at radius 2 is 1.89 bits per heavy atom. The molecule has 148 valence electrons. The van der Waals surface area contributed by atoms with Crippen molar-refractivity contribution in [3.8, 4) is 11.5 Å². The highest BCUT2D eigenvalue weighted by atomic mass is 32.2. The van der Waals surface area contributed by atoms with Gasteiger partial charge in [-0.15, -0.1) is 0 Å². The Labute approximate surface area is 159 Å². The molecule has 0 aliphatic carbocycles. The van der Waals surface area contributed by atoms with E-state index in [0.717, 1.165) is 48.9 Å². The molecule has 1 fully saturated rings. The van der Waals surface area contributed by atoms with Gasteiger partial charge in [0, 0.05) is 31.2 Å². The van der Waals surface area contributed by atoms with Crippen molar-refractivity contribution in [1.29, 1.82) is 0 Å². The van der Waals surface area contributed by atoms with E-state index in [0.29, 0.717) is 24.0 Å². The van der Waals surface area contributed by atoms with Crippen LogP contribution in [0.4, 0.5) is 5.82 Å². The van der Waals surface area contributed by atoms with Crippen LogP contribution in [0.25, 0.3) is 10.8 Å². The van der Waals surface area contributed by atoms with E-state index >= 15 is 0 Å². The summed E-state index contributed by atoms with van der Waals surface area (Å²) in [6, 6.07) is 5.90. The first-order valence-corrected chi connectivity index (χ1v) is 10.5. The molecule has 27 heavy (non-hydrogen) atoms. The molecule has 0 unspecified atom stereocenters. The van der Waals surface area contributed by atoms with E-state index in [1.165, 1.54) is 0 Å². The number of hydrogen-bond acceptors (Lipinski definition) is 6. The molecule has 3 rings (SSSR count). The normalized spacial score (nSPS) is 15.9. The minimum Gasteiger partial charge on any atom is -0.493 e. The number of aromatic nitrogens is 1. The molecule has 8 nitrogen and oxygen atoms in total. The first-order valence-electron chi connectivity index (χ1n) is 8.94. The van der Waals surface area contributed by atoms with Gasteiger partial charge < -0.3 is 14.4 Å². The molecule has 0 radical (unpaired) electrons. The Morgan fingerprint density at radius 3 is 2.52 bits per heavy atom. The Hall–Kier alpha value is -2.10. The van der Waals surface area contributed by atoms with Crippen LogP contribution in [-0.4, -0.2) is 47.3 Å². The number of nitrogens with one attached hydrogen (secondary N) is 1. The van der Waals surface area contributed by atoms with E-state index in [2.05, 4.69) is 14.6 Å². The third kappa shape index (κ3) is 4.79. The molecule has 1 aromatic carbocycles. The Kier molecular flexibility index (Phi) is 6.03.